The molecule has 0 saturated carbocycles. The Hall–Kier alpha value is -3.67. The number of amides is 1. The molecule has 0 atom stereocenters. The van der Waals surface area contributed by atoms with Crippen LogP contribution in [0.15, 0.2) is 77.8 Å². The molecule has 28 heavy (non-hydrogen) atoms. The number of rotatable bonds is 6. The summed E-state index contributed by atoms with van der Waals surface area (Å²) >= 11 is 0. The van der Waals surface area contributed by atoms with Crippen molar-refractivity contribution < 1.29 is 9.32 Å². The van der Waals surface area contributed by atoms with E-state index in [2.05, 4.69) is 27.6 Å². The van der Waals surface area contributed by atoms with Crippen molar-refractivity contribution in [1.82, 2.24) is 20.0 Å². The van der Waals surface area contributed by atoms with Crippen molar-refractivity contribution in [3.8, 4) is 11.3 Å². The first-order chi connectivity index (χ1) is 13.7. The van der Waals surface area contributed by atoms with E-state index in [1.807, 2.05) is 54.1 Å². The maximum absolute atomic E-state index is 12.4. The topological polar surface area (TPSA) is 73.0 Å². The quantitative estimate of drug-likeness (QED) is 0.558. The molecule has 0 bridgehead atoms. The smallest absolute Gasteiger partial charge is 0.290 e. The Morgan fingerprint density at radius 2 is 1.93 bits per heavy atom. The van der Waals surface area contributed by atoms with E-state index < -0.39 is 0 Å². The summed E-state index contributed by atoms with van der Waals surface area (Å²) in [6.07, 6.45) is 5.46. The highest BCUT2D eigenvalue weighted by atomic mass is 16.5. The zero-order valence-electron chi connectivity index (χ0n) is 15.5. The van der Waals surface area contributed by atoms with E-state index in [9.17, 15) is 4.79 Å². The average Bonchev–Trinajstić information content (AvgIpc) is 3.39. The van der Waals surface area contributed by atoms with Gasteiger partial charge < -0.3 is 14.4 Å². The second kappa shape index (κ2) is 7.92. The SMILES string of the molecule is Cc1ccc(-c2cc(C(=O)NCc3cccc(Cn4ccnc4)c3)on2)cc1. The van der Waals surface area contributed by atoms with Crippen molar-refractivity contribution in [3.05, 3.63) is 95.8 Å². The Balaban J connectivity index is 1.39. The zero-order chi connectivity index (χ0) is 19.3. The van der Waals surface area contributed by atoms with Crippen molar-refractivity contribution in [2.24, 2.45) is 0 Å². The number of imidazole rings is 1. The summed E-state index contributed by atoms with van der Waals surface area (Å²) in [6.45, 7) is 3.18. The van der Waals surface area contributed by atoms with Crippen molar-refractivity contribution in [2.75, 3.05) is 0 Å². The minimum Gasteiger partial charge on any atom is -0.350 e. The molecular weight excluding hydrogens is 352 g/mol. The molecule has 0 aliphatic rings. The number of nitrogens with zero attached hydrogens (tertiary/aromatic N) is 3. The summed E-state index contributed by atoms with van der Waals surface area (Å²) in [5, 5.41) is 6.89. The molecule has 0 aliphatic carbocycles. The van der Waals surface area contributed by atoms with Crippen LogP contribution >= 0.6 is 0 Å². The Morgan fingerprint density at radius 3 is 2.71 bits per heavy atom. The molecule has 0 unspecified atom stereocenters. The van der Waals surface area contributed by atoms with E-state index in [1.165, 1.54) is 5.56 Å². The molecule has 0 fully saturated rings. The van der Waals surface area contributed by atoms with Gasteiger partial charge in [0.15, 0.2) is 0 Å². The number of carbonyl (C=O) groups excluding carboxylic acids is 1. The van der Waals surface area contributed by atoms with E-state index in [0.29, 0.717) is 12.2 Å². The lowest BCUT2D eigenvalue weighted by Crippen LogP contribution is -2.22. The van der Waals surface area contributed by atoms with Crippen LogP contribution < -0.4 is 5.32 Å². The Labute approximate surface area is 162 Å². The van der Waals surface area contributed by atoms with Gasteiger partial charge in [-0.05, 0) is 18.1 Å². The minimum atomic E-state index is -0.286. The second-order valence-electron chi connectivity index (χ2n) is 6.68. The largest absolute Gasteiger partial charge is 0.350 e. The number of hydrogen-bond acceptors (Lipinski definition) is 4. The van der Waals surface area contributed by atoms with Crippen LogP contribution in [0.4, 0.5) is 0 Å². The number of carbonyl (C=O) groups is 1. The molecule has 1 N–H and O–H groups in total. The first-order valence-corrected chi connectivity index (χ1v) is 9.03. The fraction of sp³-hybridized carbons (Fsp3) is 0.136. The van der Waals surface area contributed by atoms with E-state index in [1.54, 1.807) is 18.6 Å². The minimum absolute atomic E-state index is 0.199. The lowest BCUT2D eigenvalue weighted by atomic mass is 10.1. The van der Waals surface area contributed by atoms with E-state index >= 15 is 0 Å². The summed E-state index contributed by atoms with van der Waals surface area (Å²) in [5.74, 6) is -0.0870. The highest BCUT2D eigenvalue weighted by Gasteiger charge is 2.14. The lowest BCUT2D eigenvalue weighted by molar-refractivity contribution is 0.0914. The Kier molecular flexibility index (Phi) is 5.01. The predicted molar refractivity (Wildman–Crippen MR) is 106 cm³/mol. The number of benzene rings is 2. The van der Waals surface area contributed by atoms with Crippen molar-refractivity contribution in [3.63, 3.8) is 0 Å². The fourth-order valence-electron chi connectivity index (χ4n) is 2.94. The molecule has 6 heteroatoms. The Bertz CT molecular complexity index is 1070. The third kappa shape index (κ3) is 4.17. The highest BCUT2D eigenvalue weighted by Crippen LogP contribution is 2.19. The summed E-state index contributed by atoms with van der Waals surface area (Å²) in [7, 11) is 0. The van der Waals surface area contributed by atoms with Crippen LogP contribution in [0.3, 0.4) is 0 Å². The molecule has 4 rings (SSSR count). The van der Waals surface area contributed by atoms with Crippen LogP contribution in [0.2, 0.25) is 0 Å². The molecule has 0 radical (unpaired) electrons. The summed E-state index contributed by atoms with van der Waals surface area (Å²) in [6, 6.07) is 17.7. The van der Waals surface area contributed by atoms with Gasteiger partial charge in [-0.25, -0.2) is 4.98 Å². The van der Waals surface area contributed by atoms with Crippen LogP contribution in [0, 0.1) is 6.92 Å². The molecule has 1 amide bonds. The molecule has 4 aromatic rings. The van der Waals surface area contributed by atoms with E-state index in [-0.39, 0.29) is 11.7 Å². The van der Waals surface area contributed by atoms with Gasteiger partial charge >= 0.3 is 0 Å². The Morgan fingerprint density at radius 1 is 1.11 bits per heavy atom. The third-order valence-corrected chi connectivity index (χ3v) is 4.45. The molecule has 2 heterocycles. The van der Waals surface area contributed by atoms with Crippen molar-refractivity contribution >= 4 is 5.91 Å². The van der Waals surface area contributed by atoms with E-state index in [4.69, 9.17) is 4.52 Å². The maximum atomic E-state index is 12.4. The standard InChI is InChI=1S/C22H20N4O2/c1-16-5-7-19(8-6-16)20-12-21(28-25-20)22(27)24-13-17-3-2-4-18(11-17)14-26-10-9-23-15-26/h2-12,15H,13-14H2,1H3,(H,24,27). The molecule has 2 aromatic heterocycles. The molecule has 0 spiro atoms. The maximum Gasteiger partial charge on any atom is 0.290 e. The average molecular weight is 372 g/mol. The van der Waals surface area contributed by atoms with Crippen molar-refractivity contribution in [2.45, 2.75) is 20.0 Å². The first-order valence-electron chi connectivity index (χ1n) is 9.03. The van der Waals surface area contributed by atoms with Gasteiger partial charge in [-0.1, -0.05) is 59.3 Å². The van der Waals surface area contributed by atoms with Crippen LogP contribution in [0.1, 0.15) is 27.2 Å². The normalized spacial score (nSPS) is 10.8. The second-order valence-corrected chi connectivity index (χ2v) is 6.68. The van der Waals surface area contributed by atoms with Crippen molar-refractivity contribution in [1.29, 1.82) is 0 Å². The molecular formula is C22H20N4O2. The van der Waals surface area contributed by atoms with Crippen LogP contribution in [0.25, 0.3) is 11.3 Å². The van der Waals surface area contributed by atoms with Crippen LogP contribution in [0.5, 0.6) is 0 Å². The van der Waals surface area contributed by atoms with Gasteiger partial charge in [0.05, 0.1) is 6.33 Å². The van der Waals surface area contributed by atoms with Gasteiger partial charge in [-0.3, -0.25) is 4.79 Å². The molecule has 2 aromatic carbocycles. The first kappa shape index (κ1) is 17.7. The van der Waals surface area contributed by atoms with Gasteiger partial charge in [-0.2, -0.15) is 0 Å². The molecule has 140 valence electrons. The van der Waals surface area contributed by atoms with Gasteiger partial charge in [0.1, 0.15) is 5.69 Å². The van der Waals surface area contributed by atoms with Crippen LogP contribution in [-0.2, 0) is 13.1 Å². The zero-order valence-corrected chi connectivity index (χ0v) is 15.5. The van der Waals surface area contributed by atoms with Crippen LogP contribution in [-0.4, -0.2) is 20.6 Å². The van der Waals surface area contributed by atoms with Gasteiger partial charge in [0.25, 0.3) is 5.91 Å². The fourth-order valence-corrected chi connectivity index (χ4v) is 2.94. The summed E-state index contributed by atoms with van der Waals surface area (Å²) in [4.78, 5) is 16.5. The molecule has 0 aliphatic heterocycles. The number of aromatic nitrogens is 3. The summed E-state index contributed by atoms with van der Waals surface area (Å²) < 4.78 is 7.22. The highest BCUT2D eigenvalue weighted by molar-refractivity contribution is 5.92. The predicted octanol–water partition coefficient (Wildman–Crippen LogP) is 3.82. The molecule has 6 nitrogen and oxygen atoms in total. The summed E-state index contributed by atoms with van der Waals surface area (Å²) in [5.41, 5.74) is 4.89. The van der Waals surface area contributed by atoms with E-state index in [0.717, 1.165) is 23.2 Å². The number of aryl methyl sites for hydroxylation is 1. The monoisotopic (exact) mass is 372 g/mol. The van der Waals surface area contributed by atoms with Gasteiger partial charge in [0, 0.05) is 37.1 Å². The lowest BCUT2D eigenvalue weighted by Gasteiger charge is -2.07. The molecule has 0 saturated heterocycles. The number of hydrogen-bond donors (Lipinski definition) is 1. The third-order valence-electron chi connectivity index (χ3n) is 4.45. The van der Waals surface area contributed by atoms with Gasteiger partial charge in [0.2, 0.25) is 5.76 Å². The number of nitrogens with one attached hydrogen (secondary N) is 1. The van der Waals surface area contributed by atoms with Gasteiger partial charge in [-0.15, -0.1) is 0 Å².